The molecule has 2 N–H and O–H groups in total. The van der Waals surface area contributed by atoms with Gasteiger partial charge >= 0.3 is 5.97 Å². The summed E-state index contributed by atoms with van der Waals surface area (Å²) in [5, 5.41) is 12.2. The Bertz CT molecular complexity index is 666. The molecule has 0 unspecified atom stereocenters. The monoisotopic (exact) mass is 313 g/mol. The lowest BCUT2D eigenvalue weighted by Crippen LogP contribution is -2.04. The van der Waals surface area contributed by atoms with Gasteiger partial charge in [0.1, 0.15) is 5.82 Å². The summed E-state index contributed by atoms with van der Waals surface area (Å²) in [6, 6.07) is 7.02. The highest BCUT2D eigenvalue weighted by Crippen LogP contribution is 2.35. The molecular formula is C14H10Cl2FNO2. The molecule has 0 heterocycles. The smallest absolute Gasteiger partial charge is 0.337 e. The van der Waals surface area contributed by atoms with Gasteiger partial charge in [-0.25, -0.2) is 9.18 Å². The first-order valence-electron chi connectivity index (χ1n) is 5.64. The Hall–Kier alpha value is -1.78. The van der Waals surface area contributed by atoms with Crippen molar-refractivity contribution in [1.29, 1.82) is 0 Å². The third-order valence-electron chi connectivity index (χ3n) is 2.67. The van der Waals surface area contributed by atoms with Crippen LogP contribution in [0.3, 0.4) is 0 Å². The lowest BCUT2D eigenvalue weighted by Gasteiger charge is -2.13. The summed E-state index contributed by atoms with van der Waals surface area (Å²) in [7, 11) is 0. The van der Waals surface area contributed by atoms with Gasteiger partial charge in [-0.3, -0.25) is 0 Å². The molecule has 2 aromatic rings. The van der Waals surface area contributed by atoms with Gasteiger partial charge in [-0.2, -0.15) is 0 Å². The minimum Gasteiger partial charge on any atom is -0.478 e. The van der Waals surface area contributed by atoms with Crippen LogP contribution in [0.5, 0.6) is 0 Å². The number of carbonyl (C=O) groups is 1. The highest BCUT2D eigenvalue weighted by atomic mass is 35.5. The minimum atomic E-state index is -1.08. The molecule has 0 aliphatic rings. The van der Waals surface area contributed by atoms with Crippen LogP contribution in [0.2, 0.25) is 10.0 Å². The maximum absolute atomic E-state index is 13.1. The van der Waals surface area contributed by atoms with Crippen LogP contribution in [0.15, 0.2) is 30.3 Å². The Morgan fingerprint density at radius 1 is 1.20 bits per heavy atom. The maximum Gasteiger partial charge on any atom is 0.337 e. The van der Waals surface area contributed by atoms with E-state index in [1.807, 2.05) is 6.92 Å². The molecule has 0 atom stereocenters. The number of hydrogen-bond donors (Lipinski definition) is 2. The number of rotatable bonds is 3. The van der Waals surface area contributed by atoms with Gasteiger partial charge in [0.25, 0.3) is 0 Å². The highest BCUT2D eigenvalue weighted by Gasteiger charge is 2.14. The SMILES string of the molecule is Cc1ccc(C(=O)O)c(Nc2c(Cl)cc(F)cc2Cl)c1. The van der Waals surface area contributed by atoms with Crippen molar-refractivity contribution in [3.8, 4) is 0 Å². The summed E-state index contributed by atoms with van der Waals surface area (Å²) < 4.78 is 13.1. The molecule has 0 aromatic heterocycles. The second kappa shape index (κ2) is 5.69. The zero-order valence-electron chi connectivity index (χ0n) is 10.4. The average Bonchev–Trinajstić information content (AvgIpc) is 2.33. The van der Waals surface area contributed by atoms with Gasteiger partial charge in [-0.1, -0.05) is 29.3 Å². The average molecular weight is 314 g/mol. The van der Waals surface area contributed by atoms with E-state index in [1.165, 1.54) is 6.07 Å². The van der Waals surface area contributed by atoms with Gasteiger partial charge in [0.05, 0.1) is 27.0 Å². The number of anilines is 2. The van der Waals surface area contributed by atoms with E-state index in [1.54, 1.807) is 12.1 Å². The van der Waals surface area contributed by atoms with Crippen LogP contribution < -0.4 is 5.32 Å². The predicted molar refractivity (Wildman–Crippen MR) is 77.8 cm³/mol. The zero-order valence-corrected chi connectivity index (χ0v) is 11.9. The van der Waals surface area contributed by atoms with E-state index < -0.39 is 11.8 Å². The molecule has 20 heavy (non-hydrogen) atoms. The van der Waals surface area contributed by atoms with Crippen LogP contribution in [-0.4, -0.2) is 11.1 Å². The van der Waals surface area contributed by atoms with Crippen molar-refractivity contribution < 1.29 is 14.3 Å². The van der Waals surface area contributed by atoms with Crippen molar-refractivity contribution in [2.45, 2.75) is 6.92 Å². The molecule has 0 saturated carbocycles. The van der Waals surface area contributed by atoms with E-state index in [-0.39, 0.29) is 21.3 Å². The number of aromatic carboxylic acids is 1. The summed E-state index contributed by atoms with van der Waals surface area (Å²) in [5.74, 6) is -1.64. The summed E-state index contributed by atoms with van der Waals surface area (Å²) in [4.78, 5) is 11.2. The van der Waals surface area contributed by atoms with E-state index >= 15 is 0 Å². The molecule has 0 aliphatic carbocycles. The topological polar surface area (TPSA) is 49.3 Å². The van der Waals surface area contributed by atoms with Crippen LogP contribution in [-0.2, 0) is 0 Å². The van der Waals surface area contributed by atoms with Crippen molar-refractivity contribution >= 4 is 40.5 Å². The second-order valence-corrected chi connectivity index (χ2v) is 5.04. The van der Waals surface area contributed by atoms with Crippen LogP contribution in [0.25, 0.3) is 0 Å². The molecule has 0 radical (unpaired) electrons. The number of carboxylic acids is 1. The van der Waals surface area contributed by atoms with Gasteiger partial charge in [-0.15, -0.1) is 0 Å². The Morgan fingerprint density at radius 2 is 1.80 bits per heavy atom. The molecule has 0 saturated heterocycles. The predicted octanol–water partition coefficient (Wildman–Crippen LogP) is 4.88. The fraction of sp³-hybridized carbons (Fsp3) is 0.0714. The number of benzene rings is 2. The summed E-state index contributed by atoms with van der Waals surface area (Å²) in [6.07, 6.45) is 0. The molecule has 0 spiro atoms. The van der Waals surface area contributed by atoms with Crippen molar-refractivity contribution in [3.63, 3.8) is 0 Å². The lowest BCUT2D eigenvalue weighted by molar-refractivity contribution is 0.0698. The summed E-state index contributed by atoms with van der Waals surface area (Å²) >= 11 is 11.8. The third kappa shape index (κ3) is 3.03. The molecule has 104 valence electrons. The van der Waals surface area contributed by atoms with E-state index in [0.29, 0.717) is 5.69 Å². The largest absolute Gasteiger partial charge is 0.478 e. The van der Waals surface area contributed by atoms with Crippen LogP contribution in [0.1, 0.15) is 15.9 Å². The van der Waals surface area contributed by atoms with E-state index in [9.17, 15) is 9.18 Å². The van der Waals surface area contributed by atoms with Crippen LogP contribution in [0.4, 0.5) is 15.8 Å². The Balaban J connectivity index is 2.50. The third-order valence-corrected chi connectivity index (χ3v) is 3.27. The quantitative estimate of drug-likeness (QED) is 0.848. The fourth-order valence-corrected chi connectivity index (χ4v) is 2.30. The van der Waals surface area contributed by atoms with Gasteiger partial charge < -0.3 is 10.4 Å². The van der Waals surface area contributed by atoms with Crippen molar-refractivity contribution in [3.05, 3.63) is 57.3 Å². The Morgan fingerprint density at radius 3 is 2.35 bits per heavy atom. The number of nitrogens with one attached hydrogen (secondary N) is 1. The first-order valence-corrected chi connectivity index (χ1v) is 6.39. The van der Waals surface area contributed by atoms with Crippen molar-refractivity contribution in [1.82, 2.24) is 0 Å². The first kappa shape index (κ1) is 14.6. The van der Waals surface area contributed by atoms with E-state index in [2.05, 4.69) is 5.32 Å². The molecule has 2 aromatic carbocycles. The van der Waals surface area contributed by atoms with Crippen molar-refractivity contribution in [2.24, 2.45) is 0 Å². The molecule has 0 aliphatic heterocycles. The lowest BCUT2D eigenvalue weighted by atomic mass is 10.1. The highest BCUT2D eigenvalue weighted by molar-refractivity contribution is 6.39. The molecule has 2 rings (SSSR count). The van der Waals surface area contributed by atoms with Gasteiger partial charge in [-0.05, 0) is 36.8 Å². The zero-order chi connectivity index (χ0) is 14.9. The standard InChI is InChI=1S/C14H10Cl2FNO2/c1-7-2-3-9(14(19)20)12(4-7)18-13-10(15)5-8(17)6-11(13)16/h2-6,18H,1H3,(H,19,20). The van der Waals surface area contributed by atoms with Gasteiger partial charge in [0.15, 0.2) is 0 Å². The van der Waals surface area contributed by atoms with E-state index in [0.717, 1.165) is 17.7 Å². The minimum absolute atomic E-state index is 0.0760. The number of aryl methyl sites for hydroxylation is 1. The molecule has 0 bridgehead atoms. The Labute approximate surface area is 124 Å². The molecule has 6 heteroatoms. The first-order chi connectivity index (χ1) is 9.38. The normalized spacial score (nSPS) is 10.4. The number of halogens is 3. The number of hydrogen-bond acceptors (Lipinski definition) is 2. The van der Waals surface area contributed by atoms with Crippen LogP contribution >= 0.6 is 23.2 Å². The molecule has 3 nitrogen and oxygen atoms in total. The maximum atomic E-state index is 13.1. The van der Waals surface area contributed by atoms with Gasteiger partial charge in [0, 0.05) is 0 Å². The molecule has 0 fully saturated rings. The van der Waals surface area contributed by atoms with Gasteiger partial charge in [0.2, 0.25) is 0 Å². The summed E-state index contributed by atoms with van der Waals surface area (Å²) in [6.45, 7) is 1.82. The second-order valence-electron chi connectivity index (χ2n) is 4.22. The summed E-state index contributed by atoms with van der Waals surface area (Å²) in [5.41, 5.74) is 1.55. The van der Waals surface area contributed by atoms with E-state index in [4.69, 9.17) is 28.3 Å². The molecular weight excluding hydrogens is 304 g/mol. The Kier molecular flexibility index (Phi) is 4.16. The fourth-order valence-electron chi connectivity index (χ4n) is 1.74. The van der Waals surface area contributed by atoms with Crippen LogP contribution in [0, 0.1) is 12.7 Å². The number of carboxylic acid groups (broad SMARTS) is 1. The molecule has 0 amide bonds. The van der Waals surface area contributed by atoms with Crippen molar-refractivity contribution in [2.75, 3.05) is 5.32 Å².